The molecule has 0 spiro atoms. The van der Waals surface area contributed by atoms with Crippen LogP contribution in [0.3, 0.4) is 0 Å². The van der Waals surface area contributed by atoms with Crippen molar-refractivity contribution in [3.63, 3.8) is 0 Å². The van der Waals surface area contributed by atoms with Gasteiger partial charge in [0.25, 0.3) is 0 Å². The molecule has 1 aromatic carbocycles. The lowest BCUT2D eigenvalue weighted by Gasteiger charge is -2.34. The second-order valence-corrected chi connectivity index (χ2v) is 8.87. The molecule has 1 aromatic rings. The van der Waals surface area contributed by atoms with Gasteiger partial charge in [-0.2, -0.15) is 0 Å². The highest BCUT2D eigenvalue weighted by atomic mass is 16.6. The van der Waals surface area contributed by atoms with Crippen molar-refractivity contribution in [2.45, 2.75) is 58.2 Å². The average molecular weight is 427 g/mol. The zero-order valence-electron chi connectivity index (χ0n) is 18.7. The lowest BCUT2D eigenvalue weighted by atomic mass is 9.78. The van der Waals surface area contributed by atoms with Crippen molar-refractivity contribution in [2.24, 2.45) is 5.92 Å². The van der Waals surface area contributed by atoms with Gasteiger partial charge >= 0.3 is 5.97 Å². The van der Waals surface area contributed by atoms with Gasteiger partial charge in [0.15, 0.2) is 0 Å². The summed E-state index contributed by atoms with van der Waals surface area (Å²) in [6.45, 7) is 8.09. The van der Waals surface area contributed by atoms with Gasteiger partial charge in [-0.1, -0.05) is 32.1 Å². The summed E-state index contributed by atoms with van der Waals surface area (Å²) < 4.78 is 23.2. The van der Waals surface area contributed by atoms with Gasteiger partial charge in [-0.3, -0.25) is 0 Å². The van der Waals surface area contributed by atoms with E-state index in [1.54, 1.807) is 33.1 Å². The number of carbonyl (C=O) groups is 1. The molecule has 0 aromatic heterocycles. The minimum Gasteiger partial charge on any atom is -0.496 e. The number of hydrogen-bond acceptors (Lipinski definition) is 6. The fourth-order valence-electron chi connectivity index (χ4n) is 4.44. The quantitative estimate of drug-likeness (QED) is 0.551. The topological polar surface area (TPSA) is 74.2 Å². The van der Waals surface area contributed by atoms with E-state index < -0.39 is 17.7 Å². The van der Waals surface area contributed by atoms with Crippen LogP contribution in [0.1, 0.15) is 57.6 Å². The largest absolute Gasteiger partial charge is 0.496 e. The average Bonchev–Trinajstić information content (AvgIpc) is 3.10. The van der Waals surface area contributed by atoms with E-state index in [-0.39, 0.29) is 18.3 Å². The first-order chi connectivity index (χ1) is 14.8. The van der Waals surface area contributed by atoms with E-state index in [2.05, 4.69) is 26.0 Å². The molecule has 3 unspecified atom stereocenters. The molecule has 166 valence electrons. The Balaban J connectivity index is 1.87. The van der Waals surface area contributed by atoms with Crippen LogP contribution in [0.15, 0.2) is 36.1 Å². The maximum absolute atomic E-state index is 12.4. The first-order valence-electron chi connectivity index (χ1n) is 10.8. The Labute approximate surface area is 183 Å². The van der Waals surface area contributed by atoms with E-state index in [9.17, 15) is 9.90 Å². The maximum Gasteiger partial charge on any atom is 0.374 e. The summed E-state index contributed by atoms with van der Waals surface area (Å²) >= 11 is 0. The summed E-state index contributed by atoms with van der Waals surface area (Å²) in [6, 6.07) is 1.80. The summed E-state index contributed by atoms with van der Waals surface area (Å²) in [7, 11) is 1.62. The van der Waals surface area contributed by atoms with Gasteiger partial charge in [0, 0.05) is 17.5 Å². The van der Waals surface area contributed by atoms with Crippen molar-refractivity contribution in [3.05, 3.63) is 47.3 Å². The number of methoxy groups -OCH3 is 1. The molecule has 0 radical (unpaired) electrons. The lowest BCUT2D eigenvalue weighted by Crippen LogP contribution is -2.45. The fraction of sp³-hybridized carbons (Fsp3) is 0.480. The van der Waals surface area contributed by atoms with Gasteiger partial charge < -0.3 is 24.1 Å². The van der Waals surface area contributed by atoms with E-state index in [0.717, 1.165) is 23.1 Å². The molecule has 2 aliphatic heterocycles. The van der Waals surface area contributed by atoms with E-state index >= 15 is 0 Å². The highest BCUT2D eigenvalue weighted by Gasteiger charge is 2.49. The van der Waals surface area contributed by atoms with Gasteiger partial charge in [0.2, 0.25) is 5.76 Å². The molecular formula is C25H30O6. The van der Waals surface area contributed by atoms with E-state index in [4.69, 9.17) is 18.9 Å². The zero-order chi connectivity index (χ0) is 22.3. The summed E-state index contributed by atoms with van der Waals surface area (Å²) in [4.78, 5) is 12.4. The maximum atomic E-state index is 12.4. The molecule has 0 bridgehead atoms. The predicted molar refractivity (Wildman–Crippen MR) is 117 cm³/mol. The molecule has 3 aliphatic rings. The molecule has 1 N–H and O–H groups in total. The van der Waals surface area contributed by atoms with Crippen LogP contribution in [0, 0.1) is 5.92 Å². The Morgan fingerprint density at radius 2 is 2.16 bits per heavy atom. The smallest absolute Gasteiger partial charge is 0.374 e. The van der Waals surface area contributed by atoms with Crippen molar-refractivity contribution >= 4 is 11.5 Å². The standard InChI is InChI=1S/C25H30O6/c1-6-29-24(26)19-12-15(10-9-14(2)3)20-17(30-19)13-18-21(22(20)28-5)16-8-7-11-25(4,27)23(16)31-18/h7-8,10,12-14,16,23,27H,6,9,11H2,1-5H3. The fourth-order valence-corrected chi connectivity index (χ4v) is 4.44. The number of esters is 1. The van der Waals surface area contributed by atoms with Gasteiger partial charge in [-0.25, -0.2) is 4.79 Å². The Bertz CT molecular complexity index is 982. The summed E-state index contributed by atoms with van der Waals surface area (Å²) in [5.41, 5.74) is 1.55. The highest BCUT2D eigenvalue weighted by molar-refractivity contribution is 5.96. The molecule has 6 nitrogen and oxygen atoms in total. The molecule has 2 heterocycles. The molecule has 31 heavy (non-hydrogen) atoms. The van der Waals surface area contributed by atoms with Crippen molar-refractivity contribution < 1.29 is 28.8 Å². The minimum absolute atomic E-state index is 0.124. The molecule has 0 amide bonds. The molecule has 6 heteroatoms. The summed E-state index contributed by atoms with van der Waals surface area (Å²) in [6.07, 6.45) is 8.82. The first-order valence-corrected chi connectivity index (χ1v) is 10.8. The van der Waals surface area contributed by atoms with E-state index in [1.165, 1.54) is 0 Å². The number of allylic oxidation sites excluding steroid dienone is 3. The van der Waals surface area contributed by atoms with Gasteiger partial charge in [0.05, 0.1) is 19.3 Å². The number of aliphatic hydroxyl groups is 1. The Morgan fingerprint density at radius 1 is 1.39 bits per heavy atom. The second-order valence-electron chi connectivity index (χ2n) is 8.87. The zero-order valence-corrected chi connectivity index (χ0v) is 18.7. The molecule has 0 saturated heterocycles. The van der Waals surface area contributed by atoms with Crippen LogP contribution in [-0.4, -0.2) is 36.5 Å². The number of hydrogen-bond donors (Lipinski definition) is 1. The van der Waals surface area contributed by atoms with Crippen LogP contribution in [0.4, 0.5) is 0 Å². The van der Waals surface area contributed by atoms with Crippen molar-refractivity contribution in [3.8, 4) is 17.2 Å². The number of ether oxygens (including phenoxy) is 4. The van der Waals surface area contributed by atoms with E-state index in [1.807, 2.05) is 6.08 Å². The molecule has 0 saturated carbocycles. The van der Waals surface area contributed by atoms with Crippen LogP contribution < -0.4 is 14.2 Å². The normalized spacial score (nSPS) is 27.1. The monoisotopic (exact) mass is 426 g/mol. The number of fused-ring (bicyclic) bond motifs is 4. The van der Waals surface area contributed by atoms with Crippen molar-refractivity contribution in [2.75, 3.05) is 13.7 Å². The van der Waals surface area contributed by atoms with Crippen LogP contribution in [0.5, 0.6) is 17.2 Å². The first kappa shape index (κ1) is 21.5. The second kappa shape index (κ2) is 8.08. The van der Waals surface area contributed by atoms with Crippen LogP contribution in [0.2, 0.25) is 0 Å². The SMILES string of the molecule is CCOC(=O)C1=CC(=CCC(C)C)c2c(cc3c(c2OC)C2C=CCC(C)(O)C2O3)O1. The van der Waals surface area contributed by atoms with Crippen molar-refractivity contribution in [1.29, 1.82) is 0 Å². The minimum atomic E-state index is -0.991. The van der Waals surface area contributed by atoms with Gasteiger partial charge in [-0.15, -0.1) is 0 Å². The van der Waals surface area contributed by atoms with Gasteiger partial charge in [0.1, 0.15) is 29.0 Å². The lowest BCUT2D eigenvalue weighted by molar-refractivity contribution is -0.141. The third kappa shape index (κ3) is 3.74. The molecule has 3 atom stereocenters. The Hall–Kier alpha value is -2.73. The van der Waals surface area contributed by atoms with E-state index in [0.29, 0.717) is 29.6 Å². The third-order valence-corrected chi connectivity index (χ3v) is 5.93. The highest BCUT2D eigenvalue weighted by Crippen LogP contribution is 2.55. The van der Waals surface area contributed by atoms with Crippen LogP contribution >= 0.6 is 0 Å². The van der Waals surface area contributed by atoms with Crippen LogP contribution in [0.25, 0.3) is 5.57 Å². The molecule has 1 aliphatic carbocycles. The number of benzene rings is 1. The Kier molecular flexibility index (Phi) is 5.60. The van der Waals surface area contributed by atoms with Gasteiger partial charge in [-0.05, 0) is 44.3 Å². The molecule has 4 rings (SSSR count). The third-order valence-electron chi connectivity index (χ3n) is 5.93. The summed E-state index contributed by atoms with van der Waals surface area (Å²) in [5.74, 6) is 1.68. The number of rotatable bonds is 5. The number of carbonyl (C=O) groups excluding carboxylic acids is 1. The molecule has 0 fully saturated rings. The Morgan fingerprint density at radius 3 is 2.84 bits per heavy atom. The molecular weight excluding hydrogens is 396 g/mol. The summed E-state index contributed by atoms with van der Waals surface area (Å²) in [5, 5.41) is 10.9. The van der Waals surface area contributed by atoms with Crippen LogP contribution in [-0.2, 0) is 9.53 Å². The predicted octanol–water partition coefficient (Wildman–Crippen LogP) is 4.52. The van der Waals surface area contributed by atoms with Crippen molar-refractivity contribution in [1.82, 2.24) is 0 Å².